The zero-order valence-electron chi connectivity index (χ0n) is 9.36. The molecule has 1 unspecified atom stereocenters. The van der Waals surface area contributed by atoms with E-state index in [9.17, 15) is 0 Å². The predicted molar refractivity (Wildman–Crippen MR) is 60.6 cm³/mol. The van der Waals surface area contributed by atoms with Crippen molar-refractivity contribution in [1.82, 2.24) is 4.57 Å². The third kappa shape index (κ3) is 2.83. The lowest BCUT2D eigenvalue weighted by Crippen LogP contribution is -2.11. The van der Waals surface area contributed by atoms with Crippen molar-refractivity contribution in [2.75, 3.05) is 13.7 Å². The summed E-state index contributed by atoms with van der Waals surface area (Å²) in [5.74, 6) is 0.736. The third-order valence-corrected chi connectivity index (χ3v) is 3.05. The fourth-order valence-electron chi connectivity index (χ4n) is 1.91. The topological polar surface area (TPSA) is 40.2 Å². The quantitative estimate of drug-likeness (QED) is 0.726. The first-order valence-electron chi connectivity index (χ1n) is 5.71. The van der Waals surface area contributed by atoms with E-state index in [0.717, 1.165) is 25.5 Å². The number of rotatable bonds is 6. The first-order valence-corrected chi connectivity index (χ1v) is 5.71. The Balaban J connectivity index is 1.85. The molecule has 1 aliphatic rings. The molecule has 1 aromatic rings. The SMILES string of the molecule is COCCCn1ccc(C(N)C2CC2)c1. The second-order valence-corrected chi connectivity index (χ2v) is 4.39. The highest BCUT2D eigenvalue weighted by Crippen LogP contribution is 2.39. The smallest absolute Gasteiger partial charge is 0.0479 e. The van der Waals surface area contributed by atoms with Crippen LogP contribution < -0.4 is 5.73 Å². The lowest BCUT2D eigenvalue weighted by molar-refractivity contribution is 0.190. The summed E-state index contributed by atoms with van der Waals surface area (Å²) in [4.78, 5) is 0. The number of aryl methyl sites for hydroxylation is 1. The summed E-state index contributed by atoms with van der Waals surface area (Å²) in [6, 6.07) is 2.41. The van der Waals surface area contributed by atoms with Gasteiger partial charge in [0.15, 0.2) is 0 Å². The molecule has 1 fully saturated rings. The molecule has 15 heavy (non-hydrogen) atoms. The van der Waals surface area contributed by atoms with Gasteiger partial charge in [0, 0.05) is 38.7 Å². The molecule has 1 heterocycles. The number of nitrogens with two attached hydrogens (primary N) is 1. The molecule has 2 N–H and O–H groups in total. The first-order chi connectivity index (χ1) is 7.31. The average Bonchev–Trinajstić information content (AvgIpc) is 2.98. The number of nitrogens with zero attached hydrogens (tertiary/aromatic N) is 1. The summed E-state index contributed by atoms with van der Waals surface area (Å²) in [5, 5.41) is 0. The molecular weight excluding hydrogens is 188 g/mol. The van der Waals surface area contributed by atoms with Crippen LogP contribution in [0.2, 0.25) is 0 Å². The first kappa shape index (κ1) is 10.7. The third-order valence-electron chi connectivity index (χ3n) is 3.05. The minimum absolute atomic E-state index is 0.258. The van der Waals surface area contributed by atoms with Crippen molar-refractivity contribution >= 4 is 0 Å². The molecule has 1 aromatic heterocycles. The normalized spacial score (nSPS) is 18.0. The molecule has 0 bridgehead atoms. The van der Waals surface area contributed by atoms with E-state index in [1.54, 1.807) is 7.11 Å². The predicted octanol–water partition coefficient (Wildman–Crippen LogP) is 1.93. The largest absolute Gasteiger partial charge is 0.385 e. The van der Waals surface area contributed by atoms with E-state index in [4.69, 9.17) is 10.5 Å². The van der Waals surface area contributed by atoms with Gasteiger partial charge in [-0.3, -0.25) is 0 Å². The van der Waals surface area contributed by atoms with Gasteiger partial charge in [-0.05, 0) is 36.8 Å². The molecular formula is C12H20N2O. The zero-order chi connectivity index (χ0) is 10.7. The van der Waals surface area contributed by atoms with E-state index in [2.05, 4.69) is 23.0 Å². The highest BCUT2D eigenvalue weighted by Gasteiger charge is 2.29. The van der Waals surface area contributed by atoms with Crippen LogP contribution in [0.25, 0.3) is 0 Å². The molecule has 3 heteroatoms. The molecule has 84 valence electrons. The number of hydrogen-bond acceptors (Lipinski definition) is 2. The van der Waals surface area contributed by atoms with Gasteiger partial charge in [-0.25, -0.2) is 0 Å². The van der Waals surface area contributed by atoms with Gasteiger partial charge < -0.3 is 15.0 Å². The molecule has 0 saturated heterocycles. The van der Waals surface area contributed by atoms with Gasteiger partial charge in [0.1, 0.15) is 0 Å². The minimum Gasteiger partial charge on any atom is -0.385 e. The van der Waals surface area contributed by atoms with Gasteiger partial charge in [0.25, 0.3) is 0 Å². The highest BCUT2D eigenvalue weighted by atomic mass is 16.5. The Labute approximate surface area is 91.2 Å². The molecule has 2 rings (SSSR count). The maximum atomic E-state index is 6.13. The second-order valence-electron chi connectivity index (χ2n) is 4.39. The molecule has 1 atom stereocenters. The summed E-state index contributed by atoms with van der Waals surface area (Å²) >= 11 is 0. The van der Waals surface area contributed by atoms with Gasteiger partial charge in [0.2, 0.25) is 0 Å². The second kappa shape index (κ2) is 4.81. The Kier molecular flexibility index (Phi) is 3.44. The van der Waals surface area contributed by atoms with Crippen LogP contribution in [-0.2, 0) is 11.3 Å². The van der Waals surface area contributed by atoms with Crippen molar-refractivity contribution in [3.05, 3.63) is 24.0 Å². The number of aromatic nitrogens is 1. The van der Waals surface area contributed by atoms with Crippen molar-refractivity contribution in [3.63, 3.8) is 0 Å². The fraction of sp³-hybridized carbons (Fsp3) is 0.667. The van der Waals surface area contributed by atoms with Crippen LogP contribution >= 0.6 is 0 Å². The van der Waals surface area contributed by atoms with Crippen LogP contribution in [0.1, 0.15) is 30.9 Å². The van der Waals surface area contributed by atoms with E-state index in [0.29, 0.717) is 0 Å². The maximum absolute atomic E-state index is 6.13. The van der Waals surface area contributed by atoms with Gasteiger partial charge in [-0.1, -0.05) is 0 Å². The molecule has 0 aliphatic heterocycles. The fourth-order valence-corrected chi connectivity index (χ4v) is 1.91. The Morgan fingerprint density at radius 3 is 3.07 bits per heavy atom. The molecule has 0 amide bonds. The number of methoxy groups -OCH3 is 1. The van der Waals surface area contributed by atoms with Crippen LogP contribution in [-0.4, -0.2) is 18.3 Å². The lowest BCUT2D eigenvalue weighted by atomic mass is 10.1. The highest BCUT2D eigenvalue weighted by molar-refractivity contribution is 5.17. The van der Waals surface area contributed by atoms with Gasteiger partial charge >= 0.3 is 0 Å². The summed E-state index contributed by atoms with van der Waals surface area (Å²) in [5.41, 5.74) is 7.42. The number of hydrogen-bond donors (Lipinski definition) is 1. The summed E-state index contributed by atoms with van der Waals surface area (Å²) in [6.07, 6.45) is 7.96. The van der Waals surface area contributed by atoms with Crippen LogP contribution in [0.15, 0.2) is 18.5 Å². The van der Waals surface area contributed by atoms with Crippen molar-refractivity contribution in [3.8, 4) is 0 Å². The van der Waals surface area contributed by atoms with Gasteiger partial charge in [0.05, 0.1) is 0 Å². The van der Waals surface area contributed by atoms with Crippen molar-refractivity contribution in [1.29, 1.82) is 0 Å². The van der Waals surface area contributed by atoms with E-state index in [1.165, 1.54) is 18.4 Å². The van der Waals surface area contributed by atoms with Gasteiger partial charge in [-0.2, -0.15) is 0 Å². The van der Waals surface area contributed by atoms with Crippen LogP contribution in [0.4, 0.5) is 0 Å². The Morgan fingerprint density at radius 1 is 1.60 bits per heavy atom. The van der Waals surface area contributed by atoms with Crippen LogP contribution in [0, 0.1) is 5.92 Å². The van der Waals surface area contributed by atoms with E-state index >= 15 is 0 Å². The summed E-state index contributed by atoms with van der Waals surface area (Å²) < 4.78 is 7.23. The maximum Gasteiger partial charge on any atom is 0.0479 e. The zero-order valence-corrected chi connectivity index (χ0v) is 9.36. The van der Waals surface area contributed by atoms with Gasteiger partial charge in [-0.15, -0.1) is 0 Å². The van der Waals surface area contributed by atoms with E-state index in [1.807, 2.05) is 0 Å². The number of ether oxygens (including phenoxy) is 1. The van der Waals surface area contributed by atoms with Crippen molar-refractivity contribution in [2.45, 2.75) is 31.8 Å². The standard InChI is InChI=1S/C12H20N2O/c1-15-8-2-6-14-7-5-11(9-14)12(13)10-3-4-10/h5,7,9-10,12H,2-4,6,8,13H2,1H3. The van der Waals surface area contributed by atoms with Crippen molar-refractivity contribution < 1.29 is 4.74 Å². The monoisotopic (exact) mass is 208 g/mol. The Bertz CT molecular complexity index is 304. The molecule has 0 aromatic carbocycles. The van der Waals surface area contributed by atoms with Crippen molar-refractivity contribution in [2.24, 2.45) is 11.7 Å². The molecule has 1 saturated carbocycles. The minimum atomic E-state index is 0.258. The summed E-state index contributed by atoms with van der Waals surface area (Å²) in [6.45, 7) is 1.84. The van der Waals surface area contributed by atoms with Crippen LogP contribution in [0.5, 0.6) is 0 Å². The van der Waals surface area contributed by atoms with Crippen LogP contribution in [0.3, 0.4) is 0 Å². The lowest BCUT2D eigenvalue weighted by Gasteiger charge is -2.07. The molecule has 0 radical (unpaired) electrons. The summed E-state index contributed by atoms with van der Waals surface area (Å²) in [7, 11) is 1.74. The van der Waals surface area contributed by atoms with E-state index in [-0.39, 0.29) is 6.04 Å². The molecule has 3 nitrogen and oxygen atoms in total. The van der Waals surface area contributed by atoms with E-state index < -0.39 is 0 Å². The Morgan fingerprint density at radius 2 is 2.40 bits per heavy atom. The molecule has 0 spiro atoms. The molecule has 1 aliphatic carbocycles. The average molecular weight is 208 g/mol. The Hall–Kier alpha value is -0.800.